The van der Waals surface area contributed by atoms with Gasteiger partial charge in [-0.1, -0.05) is 0 Å². The second kappa shape index (κ2) is 6.63. The summed E-state index contributed by atoms with van der Waals surface area (Å²) in [7, 11) is 1.78. The van der Waals surface area contributed by atoms with Gasteiger partial charge in [-0.25, -0.2) is 0 Å². The predicted molar refractivity (Wildman–Crippen MR) is 70.0 cm³/mol. The summed E-state index contributed by atoms with van der Waals surface area (Å²) in [6.07, 6.45) is 9.85. The first-order chi connectivity index (χ1) is 9.25. The van der Waals surface area contributed by atoms with Crippen LogP contribution in [0.5, 0.6) is 0 Å². The Balaban J connectivity index is 1.73. The highest BCUT2D eigenvalue weighted by Gasteiger charge is 2.09. The molecule has 0 aliphatic carbocycles. The molecule has 2 heterocycles. The minimum atomic E-state index is 0.109. The van der Waals surface area contributed by atoms with Crippen LogP contribution in [0.2, 0.25) is 0 Å². The zero-order chi connectivity index (χ0) is 13.5. The van der Waals surface area contributed by atoms with Gasteiger partial charge in [-0.3, -0.25) is 19.4 Å². The zero-order valence-electron chi connectivity index (χ0n) is 10.9. The van der Waals surface area contributed by atoms with Gasteiger partial charge in [0.05, 0.1) is 18.4 Å². The molecule has 100 valence electrons. The summed E-state index contributed by atoms with van der Waals surface area (Å²) < 4.78 is 1.83. The number of aromatic nitrogens is 4. The largest absolute Gasteiger partial charge is 0.340 e. The third-order valence-electron chi connectivity index (χ3n) is 2.78. The Morgan fingerprint density at radius 2 is 2.26 bits per heavy atom. The third-order valence-corrected chi connectivity index (χ3v) is 2.78. The summed E-state index contributed by atoms with van der Waals surface area (Å²) in [5.74, 6) is 0.109. The average molecular weight is 259 g/mol. The number of carbonyl (C=O) groups is 1. The van der Waals surface area contributed by atoms with Gasteiger partial charge in [0, 0.05) is 44.8 Å². The molecule has 0 spiro atoms. The SMILES string of the molecule is CN(Cc1cnccn1)C(=O)CCCn1cccn1. The van der Waals surface area contributed by atoms with Crippen LogP contribution in [-0.4, -0.2) is 37.6 Å². The molecule has 19 heavy (non-hydrogen) atoms. The molecule has 2 rings (SSSR count). The minimum absolute atomic E-state index is 0.109. The van der Waals surface area contributed by atoms with Crippen LogP contribution < -0.4 is 0 Å². The van der Waals surface area contributed by atoms with Crippen molar-refractivity contribution < 1.29 is 4.79 Å². The van der Waals surface area contributed by atoms with Crippen LogP contribution in [-0.2, 0) is 17.9 Å². The van der Waals surface area contributed by atoms with E-state index in [4.69, 9.17) is 0 Å². The van der Waals surface area contributed by atoms with Gasteiger partial charge in [-0.2, -0.15) is 5.10 Å². The van der Waals surface area contributed by atoms with Gasteiger partial charge in [-0.15, -0.1) is 0 Å². The van der Waals surface area contributed by atoms with Gasteiger partial charge in [0.15, 0.2) is 0 Å². The minimum Gasteiger partial charge on any atom is -0.340 e. The number of hydrogen-bond donors (Lipinski definition) is 0. The van der Waals surface area contributed by atoms with E-state index in [1.807, 2.05) is 16.9 Å². The van der Waals surface area contributed by atoms with Crippen LogP contribution in [0.15, 0.2) is 37.1 Å². The van der Waals surface area contributed by atoms with Crippen molar-refractivity contribution >= 4 is 5.91 Å². The standard InChI is InChI=1S/C13H17N5O/c1-17(11-12-10-14-6-7-15-12)13(19)4-2-8-18-9-3-5-16-18/h3,5-7,9-10H,2,4,8,11H2,1H3. The van der Waals surface area contributed by atoms with Crippen LogP contribution in [0.3, 0.4) is 0 Å². The zero-order valence-corrected chi connectivity index (χ0v) is 10.9. The van der Waals surface area contributed by atoms with Gasteiger partial charge in [0.25, 0.3) is 0 Å². The van der Waals surface area contributed by atoms with Crippen LogP contribution >= 0.6 is 0 Å². The van der Waals surface area contributed by atoms with E-state index in [-0.39, 0.29) is 5.91 Å². The van der Waals surface area contributed by atoms with Gasteiger partial charge >= 0.3 is 0 Å². The van der Waals surface area contributed by atoms with Crippen molar-refractivity contribution in [1.82, 2.24) is 24.6 Å². The fourth-order valence-corrected chi connectivity index (χ4v) is 1.76. The summed E-state index contributed by atoms with van der Waals surface area (Å²) in [6.45, 7) is 1.26. The summed E-state index contributed by atoms with van der Waals surface area (Å²) in [6, 6.07) is 1.88. The van der Waals surface area contributed by atoms with E-state index >= 15 is 0 Å². The molecular weight excluding hydrogens is 242 g/mol. The van der Waals surface area contributed by atoms with Crippen molar-refractivity contribution in [2.45, 2.75) is 25.9 Å². The summed E-state index contributed by atoms with van der Waals surface area (Å²) in [4.78, 5) is 21.7. The van der Waals surface area contributed by atoms with Crippen molar-refractivity contribution in [3.63, 3.8) is 0 Å². The number of aryl methyl sites for hydroxylation is 1. The van der Waals surface area contributed by atoms with Crippen molar-refractivity contribution in [1.29, 1.82) is 0 Å². The number of carbonyl (C=O) groups excluding carboxylic acids is 1. The highest BCUT2D eigenvalue weighted by Crippen LogP contribution is 2.02. The predicted octanol–water partition coefficient (Wildman–Crippen LogP) is 1.11. The van der Waals surface area contributed by atoms with Crippen LogP contribution in [0, 0.1) is 0 Å². The Bertz CT molecular complexity index is 497. The molecule has 0 aromatic carbocycles. The van der Waals surface area contributed by atoms with E-state index < -0.39 is 0 Å². The Morgan fingerprint density at radius 1 is 1.37 bits per heavy atom. The van der Waals surface area contributed by atoms with Gasteiger partial charge in [-0.05, 0) is 12.5 Å². The molecule has 0 radical (unpaired) electrons. The monoisotopic (exact) mass is 259 g/mol. The first kappa shape index (κ1) is 13.2. The van der Waals surface area contributed by atoms with E-state index in [9.17, 15) is 4.79 Å². The van der Waals surface area contributed by atoms with Crippen LogP contribution in [0.4, 0.5) is 0 Å². The molecule has 0 fully saturated rings. The second-order valence-electron chi connectivity index (χ2n) is 4.32. The van der Waals surface area contributed by atoms with E-state index in [2.05, 4.69) is 15.1 Å². The Kier molecular flexibility index (Phi) is 4.60. The molecular formula is C13H17N5O. The average Bonchev–Trinajstić information content (AvgIpc) is 2.93. The molecule has 0 saturated carbocycles. The van der Waals surface area contributed by atoms with E-state index in [0.29, 0.717) is 13.0 Å². The van der Waals surface area contributed by atoms with Crippen molar-refractivity contribution in [3.05, 3.63) is 42.7 Å². The van der Waals surface area contributed by atoms with E-state index in [1.165, 1.54) is 0 Å². The van der Waals surface area contributed by atoms with E-state index in [1.54, 1.807) is 36.7 Å². The van der Waals surface area contributed by atoms with Gasteiger partial charge < -0.3 is 4.90 Å². The fraction of sp³-hybridized carbons (Fsp3) is 0.385. The molecule has 0 aliphatic heterocycles. The van der Waals surface area contributed by atoms with E-state index in [0.717, 1.165) is 18.7 Å². The topological polar surface area (TPSA) is 63.9 Å². The number of amides is 1. The maximum Gasteiger partial charge on any atom is 0.222 e. The molecule has 2 aromatic rings. The lowest BCUT2D eigenvalue weighted by atomic mass is 10.2. The second-order valence-corrected chi connectivity index (χ2v) is 4.32. The first-order valence-corrected chi connectivity index (χ1v) is 6.22. The molecule has 0 unspecified atom stereocenters. The van der Waals surface area contributed by atoms with Crippen LogP contribution in [0.1, 0.15) is 18.5 Å². The molecule has 1 amide bonds. The fourth-order valence-electron chi connectivity index (χ4n) is 1.76. The molecule has 6 nitrogen and oxygen atoms in total. The van der Waals surface area contributed by atoms with Crippen molar-refractivity contribution in [3.8, 4) is 0 Å². The lowest BCUT2D eigenvalue weighted by Crippen LogP contribution is -2.26. The Morgan fingerprint density at radius 3 is 2.95 bits per heavy atom. The lowest BCUT2D eigenvalue weighted by molar-refractivity contribution is -0.130. The molecule has 2 aromatic heterocycles. The summed E-state index contributed by atoms with van der Waals surface area (Å²) in [5, 5.41) is 4.10. The van der Waals surface area contributed by atoms with Crippen molar-refractivity contribution in [2.24, 2.45) is 0 Å². The highest BCUT2D eigenvalue weighted by molar-refractivity contribution is 5.75. The first-order valence-electron chi connectivity index (χ1n) is 6.22. The van der Waals surface area contributed by atoms with Crippen LogP contribution in [0.25, 0.3) is 0 Å². The number of nitrogens with zero attached hydrogens (tertiary/aromatic N) is 5. The lowest BCUT2D eigenvalue weighted by Gasteiger charge is -2.16. The summed E-state index contributed by atoms with van der Waals surface area (Å²) in [5.41, 5.74) is 0.797. The molecule has 0 aliphatic rings. The molecule has 0 saturated heterocycles. The summed E-state index contributed by atoms with van der Waals surface area (Å²) >= 11 is 0. The molecule has 6 heteroatoms. The normalized spacial score (nSPS) is 10.4. The quantitative estimate of drug-likeness (QED) is 0.779. The maximum atomic E-state index is 11.9. The number of hydrogen-bond acceptors (Lipinski definition) is 4. The molecule has 0 N–H and O–H groups in total. The smallest absolute Gasteiger partial charge is 0.222 e. The van der Waals surface area contributed by atoms with Gasteiger partial charge in [0.2, 0.25) is 5.91 Å². The Hall–Kier alpha value is -2.24. The Labute approximate surface area is 112 Å². The molecule has 0 bridgehead atoms. The highest BCUT2D eigenvalue weighted by atomic mass is 16.2. The third kappa shape index (κ3) is 4.17. The molecule has 0 atom stereocenters. The van der Waals surface area contributed by atoms with Gasteiger partial charge in [0.1, 0.15) is 0 Å². The maximum absolute atomic E-state index is 11.9. The van der Waals surface area contributed by atoms with Crippen molar-refractivity contribution in [2.75, 3.05) is 7.05 Å². The number of rotatable bonds is 6.